The number of nitrogens with zero attached hydrogens (tertiary/aromatic N) is 2. The van der Waals surface area contributed by atoms with E-state index < -0.39 is 5.82 Å². The van der Waals surface area contributed by atoms with Gasteiger partial charge < -0.3 is 5.32 Å². The molecule has 0 spiro atoms. The molecule has 1 amide bonds. The molecule has 2 aromatic heterocycles. The van der Waals surface area contributed by atoms with Crippen LogP contribution in [0.25, 0.3) is 10.2 Å². The average molecular weight is 426 g/mol. The second-order valence-electron chi connectivity index (χ2n) is 5.80. The highest BCUT2D eigenvalue weighted by Crippen LogP contribution is 2.23. The molecule has 27 heavy (non-hydrogen) atoms. The summed E-state index contributed by atoms with van der Waals surface area (Å²) in [6.45, 7) is 2.59. The number of anilines is 1. The Morgan fingerprint density at radius 1 is 1.41 bits per heavy atom. The van der Waals surface area contributed by atoms with Crippen LogP contribution in [-0.4, -0.2) is 21.2 Å². The molecule has 0 saturated carbocycles. The van der Waals surface area contributed by atoms with Crippen molar-refractivity contribution >= 4 is 56.5 Å². The quantitative estimate of drug-likeness (QED) is 0.437. The lowest BCUT2D eigenvalue weighted by Gasteiger charge is -2.11. The molecule has 1 N–H and O–H groups in total. The standard InChI is InChI=1S/C18H17ClFN3O2S2/c1-2-3-7-23-17(25)16-14(6-8-26-16)22-18(23)27-10-15(24)21-13-5-4-11(19)9-12(13)20/h4-6,8-9H,2-3,7,10H2,1H3,(H,21,24). The first-order chi connectivity index (χ1) is 13.0. The molecule has 142 valence electrons. The third kappa shape index (κ3) is 4.69. The zero-order chi connectivity index (χ0) is 19.4. The lowest BCUT2D eigenvalue weighted by atomic mass is 10.3. The van der Waals surface area contributed by atoms with E-state index in [9.17, 15) is 14.0 Å². The smallest absolute Gasteiger partial charge is 0.272 e. The van der Waals surface area contributed by atoms with E-state index >= 15 is 0 Å². The summed E-state index contributed by atoms with van der Waals surface area (Å²) in [4.78, 5) is 29.4. The second-order valence-corrected chi connectivity index (χ2v) is 8.10. The molecule has 5 nitrogen and oxygen atoms in total. The maximum absolute atomic E-state index is 13.8. The fourth-order valence-corrected chi connectivity index (χ4v) is 4.22. The van der Waals surface area contributed by atoms with E-state index in [1.807, 2.05) is 12.3 Å². The van der Waals surface area contributed by atoms with E-state index in [2.05, 4.69) is 10.3 Å². The number of amides is 1. The molecule has 0 radical (unpaired) electrons. The summed E-state index contributed by atoms with van der Waals surface area (Å²) in [5, 5.41) is 5.09. The molecule has 0 aliphatic rings. The van der Waals surface area contributed by atoms with Crippen molar-refractivity contribution in [3.8, 4) is 0 Å². The lowest BCUT2D eigenvalue weighted by Crippen LogP contribution is -2.23. The first-order valence-corrected chi connectivity index (χ1v) is 10.6. The van der Waals surface area contributed by atoms with Gasteiger partial charge in [-0.15, -0.1) is 11.3 Å². The van der Waals surface area contributed by atoms with Crippen molar-refractivity contribution in [3.05, 3.63) is 50.8 Å². The van der Waals surface area contributed by atoms with E-state index in [0.717, 1.165) is 30.7 Å². The summed E-state index contributed by atoms with van der Waals surface area (Å²) < 4.78 is 16.0. The fourth-order valence-electron chi connectivity index (χ4n) is 2.45. The van der Waals surface area contributed by atoms with Gasteiger partial charge in [0.05, 0.1) is 17.0 Å². The van der Waals surface area contributed by atoms with Crippen molar-refractivity contribution in [3.63, 3.8) is 0 Å². The SMILES string of the molecule is CCCCn1c(SCC(=O)Nc2ccc(Cl)cc2F)nc2ccsc2c1=O. The molecular formula is C18H17ClFN3O2S2. The van der Waals surface area contributed by atoms with E-state index in [-0.39, 0.29) is 27.9 Å². The van der Waals surface area contributed by atoms with Crippen molar-refractivity contribution in [2.24, 2.45) is 0 Å². The number of thioether (sulfide) groups is 1. The summed E-state index contributed by atoms with van der Waals surface area (Å²) >= 11 is 8.23. The number of rotatable bonds is 7. The van der Waals surface area contributed by atoms with Gasteiger partial charge in [0.2, 0.25) is 5.91 Å². The third-order valence-electron chi connectivity index (χ3n) is 3.80. The number of fused-ring (bicyclic) bond motifs is 1. The van der Waals surface area contributed by atoms with E-state index in [4.69, 9.17) is 11.6 Å². The minimum Gasteiger partial charge on any atom is -0.323 e. The number of thiophene rings is 1. The zero-order valence-electron chi connectivity index (χ0n) is 14.5. The molecule has 3 aromatic rings. The van der Waals surface area contributed by atoms with E-state index in [0.29, 0.717) is 21.9 Å². The topological polar surface area (TPSA) is 64.0 Å². The number of carbonyl (C=O) groups is 1. The first-order valence-electron chi connectivity index (χ1n) is 8.35. The summed E-state index contributed by atoms with van der Waals surface area (Å²) in [7, 11) is 0. The molecular weight excluding hydrogens is 409 g/mol. The van der Waals surface area contributed by atoms with E-state index in [1.54, 1.807) is 10.6 Å². The van der Waals surface area contributed by atoms with Crippen LogP contribution < -0.4 is 10.9 Å². The molecule has 2 heterocycles. The van der Waals surface area contributed by atoms with Gasteiger partial charge in [-0.05, 0) is 36.1 Å². The van der Waals surface area contributed by atoms with Crippen LogP contribution in [-0.2, 0) is 11.3 Å². The van der Waals surface area contributed by atoms with Crippen LogP contribution in [0.4, 0.5) is 10.1 Å². The molecule has 0 fully saturated rings. The molecule has 1 aromatic carbocycles. The van der Waals surface area contributed by atoms with Gasteiger partial charge in [-0.3, -0.25) is 14.2 Å². The number of unbranched alkanes of at least 4 members (excludes halogenated alkanes) is 1. The highest BCUT2D eigenvalue weighted by molar-refractivity contribution is 7.99. The summed E-state index contributed by atoms with van der Waals surface area (Å²) in [5.74, 6) is -0.975. The largest absolute Gasteiger partial charge is 0.323 e. The Bertz CT molecular complexity index is 1040. The molecule has 0 saturated heterocycles. The van der Waals surface area contributed by atoms with Gasteiger partial charge in [-0.25, -0.2) is 9.37 Å². The van der Waals surface area contributed by atoms with Crippen molar-refractivity contribution in [1.29, 1.82) is 0 Å². The second kappa shape index (κ2) is 8.86. The van der Waals surface area contributed by atoms with E-state index in [1.165, 1.54) is 23.5 Å². The fraction of sp³-hybridized carbons (Fsp3) is 0.278. The predicted octanol–water partition coefficient (Wildman–Crippen LogP) is 4.78. The zero-order valence-corrected chi connectivity index (χ0v) is 16.9. The van der Waals surface area contributed by atoms with Gasteiger partial charge in [0.15, 0.2) is 5.16 Å². The van der Waals surface area contributed by atoms with Gasteiger partial charge >= 0.3 is 0 Å². The Kier molecular flexibility index (Phi) is 6.51. The average Bonchev–Trinajstić information content (AvgIpc) is 3.10. The normalized spacial score (nSPS) is 11.1. The first kappa shape index (κ1) is 19.9. The van der Waals surface area contributed by atoms with Gasteiger partial charge in [0, 0.05) is 11.6 Å². The minimum atomic E-state index is -0.599. The Morgan fingerprint density at radius 2 is 2.22 bits per heavy atom. The molecule has 9 heteroatoms. The van der Waals surface area contributed by atoms with Crippen LogP contribution in [0.1, 0.15) is 19.8 Å². The highest BCUT2D eigenvalue weighted by Gasteiger charge is 2.15. The molecule has 0 bridgehead atoms. The molecule has 0 unspecified atom stereocenters. The third-order valence-corrected chi connectivity index (χ3v) is 5.91. The summed E-state index contributed by atoms with van der Waals surface area (Å²) in [6, 6.07) is 5.84. The number of aromatic nitrogens is 2. The van der Waals surface area contributed by atoms with Crippen LogP contribution in [0, 0.1) is 5.82 Å². The van der Waals surface area contributed by atoms with Crippen LogP contribution >= 0.6 is 34.7 Å². The lowest BCUT2D eigenvalue weighted by molar-refractivity contribution is -0.113. The Labute approximate surface area is 168 Å². The summed E-state index contributed by atoms with van der Waals surface area (Å²) in [6.07, 6.45) is 1.78. The number of benzene rings is 1. The van der Waals surface area contributed by atoms with Crippen LogP contribution in [0.5, 0.6) is 0 Å². The van der Waals surface area contributed by atoms with Crippen molar-refractivity contribution in [1.82, 2.24) is 9.55 Å². The minimum absolute atomic E-state index is 0.0102. The van der Waals surface area contributed by atoms with Gasteiger partial charge in [-0.1, -0.05) is 36.7 Å². The maximum atomic E-state index is 13.8. The van der Waals surface area contributed by atoms with Gasteiger partial charge in [0.1, 0.15) is 10.5 Å². The number of hydrogen-bond donors (Lipinski definition) is 1. The highest BCUT2D eigenvalue weighted by atomic mass is 35.5. The molecule has 0 aliphatic carbocycles. The van der Waals surface area contributed by atoms with Crippen LogP contribution in [0.3, 0.4) is 0 Å². The number of hydrogen-bond acceptors (Lipinski definition) is 5. The molecule has 3 rings (SSSR count). The Balaban J connectivity index is 1.77. The van der Waals surface area contributed by atoms with Crippen molar-refractivity contribution in [2.45, 2.75) is 31.5 Å². The van der Waals surface area contributed by atoms with Crippen molar-refractivity contribution in [2.75, 3.05) is 11.1 Å². The monoisotopic (exact) mass is 425 g/mol. The Hall–Kier alpha value is -1.90. The maximum Gasteiger partial charge on any atom is 0.272 e. The predicted molar refractivity (Wildman–Crippen MR) is 110 cm³/mol. The van der Waals surface area contributed by atoms with Gasteiger partial charge in [-0.2, -0.15) is 0 Å². The number of halogens is 2. The molecule has 0 aliphatic heterocycles. The van der Waals surface area contributed by atoms with Crippen LogP contribution in [0.15, 0.2) is 39.6 Å². The number of carbonyl (C=O) groups excluding carboxylic acids is 1. The van der Waals surface area contributed by atoms with Crippen LogP contribution in [0.2, 0.25) is 5.02 Å². The molecule has 0 atom stereocenters. The van der Waals surface area contributed by atoms with Gasteiger partial charge in [0.25, 0.3) is 5.56 Å². The summed E-state index contributed by atoms with van der Waals surface area (Å²) in [5.41, 5.74) is 0.606. The number of nitrogens with one attached hydrogen (secondary N) is 1. The Morgan fingerprint density at radius 3 is 2.96 bits per heavy atom. The van der Waals surface area contributed by atoms with Crippen molar-refractivity contribution < 1.29 is 9.18 Å².